The van der Waals surface area contributed by atoms with E-state index in [1.165, 1.54) is 0 Å². The smallest absolute Gasteiger partial charge is 0.358 e. The van der Waals surface area contributed by atoms with Crippen LogP contribution in [0, 0.1) is 13.8 Å². The normalized spacial score (nSPS) is 10.7. The molecule has 0 saturated carbocycles. The van der Waals surface area contributed by atoms with Gasteiger partial charge in [-0.05, 0) is 13.8 Å². The van der Waals surface area contributed by atoms with Gasteiger partial charge in [-0.2, -0.15) is 0 Å². The average molecular weight is 351 g/mol. The molecule has 112 valence electrons. The van der Waals surface area contributed by atoms with Crippen LogP contribution in [0.3, 0.4) is 0 Å². The van der Waals surface area contributed by atoms with Gasteiger partial charge in [-0.25, -0.2) is 9.78 Å². The van der Waals surface area contributed by atoms with Crippen molar-refractivity contribution >= 4 is 46.5 Å². The Balaban J connectivity index is 2.22. The summed E-state index contributed by atoms with van der Waals surface area (Å²) in [5.41, 5.74) is 6.72. The Bertz CT molecular complexity index is 696. The van der Waals surface area contributed by atoms with Gasteiger partial charge in [0.2, 0.25) is 0 Å². The van der Waals surface area contributed by atoms with E-state index in [1.807, 2.05) is 0 Å². The molecular formula is C12H10Cl3N3O3. The van der Waals surface area contributed by atoms with Gasteiger partial charge in [0.1, 0.15) is 17.4 Å². The highest BCUT2D eigenvalue weighted by Crippen LogP contribution is 2.34. The first-order valence-electron chi connectivity index (χ1n) is 5.71. The lowest BCUT2D eigenvalue weighted by molar-refractivity contribution is 0.0464. The van der Waals surface area contributed by atoms with Crippen LogP contribution in [-0.4, -0.2) is 16.1 Å². The summed E-state index contributed by atoms with van der Waals surface area (Å²) >= 11 is 17.5. The van der Waals surface area contributed by atoms with Gasteiger partial charge in [-0.15, -0.1) is 0 Å². The number of nitrogen functional groups attached to an aromatic ring is 1. The highest BCUT2D eigenvalue weighted by atomic mass is 35.5. The van der Waals surface area contributed by atoms with Crippen LogP contribution in [-0.2, 0) is 11.3 Å². The molecule has 0 spiro atoms. The van der Waals surface area contributed by atoms with E-state index in [2.05, 4.69) is 10.1 Å². The number of carbonyl (C=O) groups excluding carboxylic acids is 1. The number of hydrogen-bond acceptors (Lipinski definition) is 6. The zero-order valence-corrected chi connectivity index (χ0v) is 13.3. The monoisotopic (exact) mass is 349 g/mol. The molecule has 0 aliphatic carbocycles. The Hall–Kier alpha value is -1.50. The topological polar surface area (TPSA) is 91.2 Å². The first-order chi connectivity index (χ1) is 9.82. The average Bonchev–Trinajstić information content (AvgIpc) is 2.77. The van der Waals surface area contributed by atoms with Crippen LogP contribution in [0.25, 0.3) is 0 Å². The third-order valence-corrected chi connectivity index (χ3v) is 3.93. The molecule has 0 amide bonds. The number of ether oxygens (including phenoxy) is 1. The SMILES string of the molecule is Cc1noc(C)c1COC(=O)c1nc(Cl)c(Cl)c(N)c1Cl. The van der Waals surface area contributed by atoms with Crippen molar-refractivity contribution in [3.63, 3.8) is 0 Å². The summed E-state index contributed by atoms with van der Waals surface area (Å²) in [6.07, 6.45) is 0. The van der Waals surface area contributed by atoms with E-state index in [0.717, 1.165) is 0 Å². The maximum absolute atomic E-state index is 12.0. The Morgan fingerprint density at radius 2 is 1.95 bits per heavy atom. The van der Waals surface area contributed by atoms with Crippen LogP contribution < -0.4 is 5.73 Å². The van der Waals surface area contributed by atoms with Crippen LogP contribution >= 0.6 is 34.8 Å². The van der Waals surface area contributed by atoms with Gasteiger partial charge in [0.25, 0.3) is 0 Å². The van der Waals surface area contributed by atoms with Crippen molar-refractivity contribution in [2.45, 2.75) is 20.5 Å². The fourth-order valence-electron chi connectivity index (χ4n) is 1.58. The number of aromatic nitrogens is 2. The molecular weight excluding hydrogens is 341 g/mol. The maximum atomic E-state index is 12.0. The number of aryl methyl sites for hydroxylation is 2. The van der Waals surface area contributed by atoms with Crippen molar-refractivity contribution in [2.24, 2.45) is 0 Å². The quantitative estimate of drug-likeness (QED) is 0.672. The minimum Gasteiger partial charge on any atom is -0.456 e. The zero-order chi connectivity index (χ0) is 15.7. The Morgan fingerprint density at radius 3 is 2.52 bits per heavy atom. The molecule has 2 rings (SSSR count). The summed E-state index contributed by atoms with van der Waals surface area (Å²) in [6, 6.07) is 0. The molecule has 0 unspecified atom stereocenters. The van der Waals surface area contributed by atoms with E-state index in [0.29, 0.717) is 17.0 Å². The lowest BCUT2D eigenvalue weighted by Gasteiger charge is -2.09. The predicted octanol–water partition coefficient (Wildman–Crippen LogP) is 3.59. The van der Waals surface area contributed by atoms with Crippen LogP contribution in [0.5, 0.6) is 0 Å². The van der Waals surface area contributed by atoms with Crippen molar-refractivity contribution < 1.29 is 14.1 Å². The number of halogens is 3. The molecule has 2 aromatic heterocycles. The van der Waals surface area contributed by atoms with Gasteiger partial charge in [0, 0.05) is 0 Å². The van der Waals surface area contributed by atoms with E-state index in [1.54, 1.807) is 13.8 Å². The first kappa shape index (κ1) is 15.9. The Kier molecular flexibility index (Phi) is 4.61. The number of rotatable bonds is 3. The van der Waals surface area contributed by atoms with Crippen LogP contribution in [0.1, 0.15) is 27.5 Å². The molecule has 0 aliphatic rings. The molecule has 0 radical (unpaired) electrons. The molecule has 2 N–H and O–H groups in total. The number of pyridine rings is 1. The second-order valence-electron chi connectivity index (χ2n) is 4.17. The molecule has 0 aromatic carbocycles. The maximum Gasteiger partial charge on any atom is 0.358 e. The van der Waals surface area contributed by atoms with Crippen molar-refractivity contribution in [3.8, 4) is 0 Å². The van der Waals surface area contributed by atoms with E-state index < -0.39 is 5.97 Å². The predicted molar refractivity (Wildman–Crippen MR) is 78.8 cm³/mol. The van der Waals surface area contributed by atoms with E-state index in [-0.39, 0.29) is 33.2 Å². The highest BCUT2D eigenvalue weighted by molar-refractivity contribution is 6.46. The number of carbonyl (C=O) groups is 1. The van der Waals surface area contributed by atoms with Crippen molar-refractivity contribution in [2.75, 3.05) is 5.73 Å². The lowest BCUT2D eigenvalue weighted by atomic mass is 10.2. The molecule has 21 heavy (non-hydrogen) atoms. The fraction of sp³-hybridized carbons (Fsp3) is 0.250. The van der Waals surface area contributed by atoms with Gasteiger partial charge in [0.05, 0.1) is 22.0 Å². The summed E-state index contributed by atoms with van der Waals surface area (Å²) < 4.78 is 10.1. The zero-order valence-electron chi connectivity index (χ0n) is 11.0. The minimum atomic E-state index is -0.773. The summed E-state index contributed by atoms with van der Waals surface area (Å²) in [7, 11) is 0. The number of esters is 1. The molecule has 9 heteroatoms. The van der Waals surface area contributed by atoms with Crippen molar-refractivity contribution in [3.05, 3.63) is 37.9 Å². The first-order valence-corrected chi connectivity index (χ1v) is 6.85. The molecule has 0 bridgehead atoms. The molecule has 0 atom stereocenters. The van der Waals surface area contributed by atoms with Gasteiger partial charge in [-0.1, -0.05) is 40.0 Å². The standard InChI is InChI=1S/C12H10Cl3N3O3/c1-4-6(5(2)21-18-4)3-20-12(19)10-7(13)9(16)8(14)11(15)17-10/h3H2,1-2H3,(H2,16,17). The summed E-state index contributed by atoms with van der Waals surface area (Å²) in [5.74, 6) is -0.210. The van der Waals surface area contributed by atoms with Gasteiger partial charge in [0.15, 0.2) is 10.8 Å². The van der Waals surface area contributed by atoms with E-state index >= 15 is 0 Å². The van der Waals surface area contributed by atoms with Crippen LogP contribution in [0.2, 0.25) is 15.2 Å². The second-order valence-corrected chi connectivity index (χ2v) is 5.29. The molecule has 2 aromatic rings. The van der Waals surface area contributed by atoms with Crippen molar-refractivity contribution in [1.29, 1.82) is 0 Å². The lowest BCUT2D eigenvalue weighted by Crippen LogP contribution is -2.10. The molecule has 2 heterocycles. The van der Waals surface area contributed by atoms with Crippen LogP contribution in [0.15, 0.2) is 4.52 Å². The number of hydrogen-bond donors (Lipinski definition) is 1. The fourth-order valence-corrected chi connectivity index (χ4v) is 2.17. The van der Waals surface area contributed by atoms with Gasteiger partial charge >= 0.3 is 5.97 Å². The Morgan fingerprint density at radius 1 is 1.29 bits per heavy atom. The molecule has 0 saturated heterocycles. The second kappa shape index (κ2) is 6.09. The number of anilines is 1. The van der Waals surface area contributed by atoms with E-state index in [9.17, 15) is 4.79 Å². The molecule has 0 fully saturated rings. The summed E-state index contributed by atoms with van der Waals surface area (Å²) in [6.45, 7) is 3.42. The summed E-state index contributed by atoms with van der Waals surface area (Å²) in [5, 5.41) is 3.52. The Labute approximate surface area is 135 Å². The number of nitrogens with two attached hydrogens (primary N) is 1. The van der Waals surface area contributed by atoms with Crippen molar-refractivity contribution in [1.82, 2.24) is 10.1 Å². The molecule has 0 aliphatic heterocycles. The van der Waals surface area contributed by atoms with E-state index in [4.69, 9.17) is 49.8 Å². The number of nitrogens with zero attached hydrogens (tertiary/aromatic N) is 2. The van der Waals surface area contributed by atoms with Crippen LogP contribution in [0.4, 0.5) is 5.69 Å². The largest absolute Gasteiger partial charge is 0.456 e. The third kappa shape index (κ3) is 3.07. The molecule has 6 nitrogen and oxygen atoms in total. The highest BCUT2D eigenvalue weighted by Gasteiger charge is 2.22. The van der Waals surface area contributed by atoms with Gasteiger partial charge in [-0.3, -0.25) is 0 Å². The third-order valence-electron chi connectivity index (χ3n) is 2.79. The minimum absolute atomic E-state index is 0.0102. The van der Waals surface area contributed by atoms with Gasteiger partial charge < -0.3 is 15.0 Å². The summed E-state index contributed by atoms with van der Waals surface area (Å²) in [4.78, 5) is 15.8.